The monoisotopic (exact) mass is 586 g/mol. The van der Waals surface area contributed by atoms with E-state index in [1.807, 2.05) is 66.7 Å². The Morgan fingerprint density at radius 2 is 1.77 bits per heavy atom. The van der Waals surface area contributed by atoms with E-state index in [0.717, 1.165) is 58.7 Å². The van der Waals surface area contributed by atoms with Gasteiger partial charge in [-0.25, -0.2) is 4.79 Å². The maximum atomic E-state index is 13.3. The molecule has 1 unspecified atom stereocenters. The smallest absolute Gasteiger partial charge is 0.326 e. The molecule has 1 amide bonds. The number of nitrogens with one attached hydrogen (secondary N) is 1. The van der Waals surface area contributed by atoms with Crippen LogP contribution >= 0.6 is 15.9 Å². The van der Waals surface area contributed by atoms with E-state index < -0.39 is 12.0 Å². The molecular weight excluding hydrogens is 556 g/mol. The van der Waals surface area contributed by atoms with Gasteiger partial charge in [0.05, 0.1) is 5.56 Å². The average Bonchev–Trinajstić information content (AvgIpc) is 3.49. The minimum Gasteiger partial charge on any atom is -0.480 e. The Hall–Kier alpha value is -3.84. The molecule has 1 aliphatic heterocycles. The van der Waals surface area contributed by atoms with Crippen LogP contribution in [-0.2, 0) is 4.79 Å². The number of amides is 1. The van der Waals surface area contributed by atoms with Gasteiger partial charge in [0, 0.05) is 41.2 Å². The van der Waals surface area contributed by atoms with Gasteiger partial charge in [0.2, 0.25) is 0 Å². The van der Waals surface area contributed by atoms with Crippen LogP contribution in [0.4, 0.5) is 5.69 Å². The van der Waals surface area contributed by atoms with E-state index in [1.165, 1.54) is 0 Å². The van der Waals surface area contributed by atoms with Gasteiger partial charge in [0.15, 0.2) is 0 Å². The summed E-state index contributed by atoms with van der Waals surface area (Å²) in [7, 11) is 0. The van der Waals surface area contributed by atoms with Crippen molar-refractivity contribution in [1.29, 1.82) is 0 Å². The maximum absolute atomic E-state index is 13.3. The molecule has 5 rings (SSSR count). The lowest BCUT2D eigenvalue weighted by Crippen LogP contribution is -2.41. The Bertz CT molecular complexity index is 1400. The van der Waals surface area contributed by atoms with Crippen molar-refractivity contribution in [2.45, 2.75) is 37.6 Å². The van der Waals surface area contributed by atoms with E-state index in [1.54, 1.807) is 6.07 Å². The first-order chi connectivity index (χ1) is 19.0. The van der Waals surface area contributed by atoms with Gasteiger partial charge in [-0.15, -0.1) is 0 Å². The highest BCUT2D eigenvalue weighted by atomic mass is 79.9. The van der Waals surface area contributed by atoms with Crippen molar-refractivity contribution in [3.8, 4) is 11.5 Å². The molecule has 6 nitrogen and oxygen atoms in total. The Kier molecular flexibility index (Phi) is 8.47. The second-order valence-corrected chi connectivity index (χ2v) is 10.8. The van der Waals surface area contributed by atoms with Crippen molar-refractivity contribution in [3.05, 3.63) is 112 Å². The Morgan fingerprint density at radius 1 is 1.03 bits per heavy atom. The summed E-state index contributed by atoms with van der Waals surface area (Å²) in [6.45, 7) is 1.78. The molecule has 0 saturated carbocycles. The average molecular weight is 588 g/mol. The number of allylic oxidation sites excluding steroid dienone is 3. The second kappa shape index (κ2) is 12.3. The zero-order chi connectivity index (χ0) is 27.2. The van der Waals surface area contributed by atoms with Crippen LogP contribution in [0, 0.1) is 0 Å². The van der Waals surface area contributed by atoms with Crippen molar-refractivity contribution in [1.82, 2.24) is 5.32 Å². The van der Waals surface area contributed by atoms with E-state index in [4.69, 9.17) is 4.74 Å². The molecule has 2 N–H and O–H groups in total. The van der Waals surface area contributed by atoms with Crippen molar-refractivity contribution >= 4 is 33.5 Å². The van der Waals surface area contributed by atoms with Crippen LogP contribution in [0.15, 0.2) is 101 Å². The second-order valence-electron chi connectivity index (χ2n) is 9.86. The minimum absolute atomic E-state index is 0.108. The summed E-state index contributed by atoms with van der Waals surface area (Å²) < 4.78 is 6.92. The lowest BCUT2D eigenvalue weighted by atomic mass is 9.88. The van der Waals surface area contributed by atoms with Crippen LogP contribution in [-0.4, -0.2) is 36.1 Å². The highest BCUT2D eigenvalue weighted by Gasteiger charge is 2.26. The lowest BCUT2D eigenvalue weighted by Gasteiger charge is -2.23. The molecule has 1 saturated heterocycles. The van der Waals surface area contributed by atoms with Crippen LogP contribution < -0.4 is 15.0 Å². The number of hydrogen-bond donors (Lipinski definition) is 2. The van der Waals surface area contributed by atoms with E-state index in [9.17, 15) is 14.7 Å². The first-order valence-electron chi connectivity index (χ1n) is 13.2. The Labute approximate surface area is 237 Å². The summed E-state index contributed by atoms with van der Waals surface area (Å²) in [5.74, 6) is 0.249. The normalized spacial score (nSPS) is 17.4. The number of rotatable bonds is 9. The molecule has 3 aromatic carbocycles. The Morgan fingerprint density at radius 3 is 2.49 bits per heavy atom. The minimum atomic E-state index is -1.06. The molecule has 3 aromatic rings. The summed E-state index contributed by atoms with van der Waals surface area (Å²) in [6, 6.07) is 22.2. The van der Waals surface area contributed by atoms with Crippen LogP contribution in [0.25, 0.3) is 0 Å². The maximum Gasteiger partial charge on any atom is 0.326 e. The van der Waals surface area contributed by atoms with E-state index >= 15 is 0 Å². The number of carbonyl (C=O) groups is 2. The number of carboxylic acid groups (broad SMARTS) is 1. The fourth-order valence-corrected chi connectivity index (χ4v) is 5.50. The zero-order valence-electron chi connectivity index (χ0n) is 21.6. The van der Waals surface area contributed by atoms with Gasteiger partial charge in [0.25, 0.3) is 5.91 Å². The number of carboxylic acids is 1. The van der Waals surface area contributed by atoms with Crippen molar-refractivity contribution < 1.29 is 19.4 Å². The highest BCUT2D eigenvalue weighted by Crippen LogP contribution is 2.36. The van der Waals surface area contributed by atoms with Crippen molar-refractivity contribution in [2.24, 2.45) is 0 Å². The van der Waals surface area contributed by atoms with Crippen molar-refractivity contribution in [2.75, 3.05) is 18.0 Å². The molecule has 2 atom stereocenters. The quantitative estimate of drug-likeness (QED) is 0.280. The molecule has 1 aliphatic carbocycles. The summed E-state index contributed by atoms with van der Waals surface area (Å²) in [5, 5.41) is 12.7. The summed E-state index contributed by atoms with van der Waals surface area (Å²) >= 11 is 3.45. The van der Waals surface area contributed by atoms with Gasteiger partial charge in [0.1, 0.15) is 17.5 Å². The number of carbonyl (C=O) groups excluding carboxylic acids is 1. The van der Waals surface area contributed by atoms with Crippen LogP contribution in [0.2, 0.25) is 0 Å². The predicted molar refractivity (Wildman–Crippen MR) is 157 cm³/mol. The fourth-order valence-electron chi connectivity index (χ4n) is 5.14. The van der Waals surface area contributed by atoms with E-state index in [-0.39, 0.29) is 18.2 Å². The van der Waals surface area contributed by atoms with Crippen LogP contribution in [0.5, 0.6) is 11.5 Å². The zero-order valence-corrected chi connectivity index (χ0v) is 23.1. The van der Waals surface area contributed by atoms with Crippen molar-refractivity contribution in [3.63, 3.8) is 0 Å². The van der Waals surface area contributed by atoms with Gasteiger partial charge in [-0.2, -0.15) is 0 Å². The molecule has 200 valence electrons. The van der Waals surface area contributed by atoms with Crippen LogP contribution in [0.1, 0.15) is 47.5 Å². The van der Waals surface area contributed by atoms with Gasteiger partial charge in [-0.1, -0.05) is 70.6 Å². The topological polar surface area (TPSA) is 78.9 Å². The lowest BCUT2D eigenvalue weighted by molar-refractivity contribution is -0.139. The molecule has 39 heavy (non-hydrogen) atoms. The number of halogens is 1. The number of para-hydroxylation sites is 2. The molecule has 7 heteroatoms. The fraction of sp³-hybridized carbons (Fsp3) is 0.250. The van der Waals surface area contributed by atoms with Gasteiger partial charge in [-0.05, 0) is 61.2 Å². The van der Waals surface area contributed by atoms with Gasteiger partial charge < -0.3 is 20.1 Å². The number of ether oxygens (including phenoxy) is 1. The first-order valence-corrected chi connectivity index (χ1v) is 14.0. The SMILES string of the molecule is O=C(N[C@@H](CC1=CCC(c2ccccc2Oc2ccccc2)C=C1)C(=O)O)c1cc(Br)ccc1N1CCCC1. The summed E-state index contributed by atoms with van der Waals surface area (Å²) in [4.78, 5) is 27.6. The largest absolute Gasteiger partial charge is 0.480 e. The molecule has 0 spiro atoms. The van der Waals surface area contributed by atoms with Gasteiger partial charge >= 0.3 is 5.97 Å². The molecular formula is C32H31BrN2O4. The molecule has 2 aliphatic rings. The molecule has 1 fully saturated rings. The first kappa shape index (κ1) is 26.8. The number of nitrogens with zero attached hydrogens (tertiary/aromatic N) is 1. The summed E-state index contributed by atoms with van der Waals surface area (Å²) in [5.41, 5.74) is 3.28. The standard InChI is InChI=1S/C32H31BrN2O4/c33-24-16-17-29(35-18-6-7-19-35)27(21-24)31(36)34-28(32(37)38)20-22-12-14-23(15-13-22)26-10-4-5-11-30(26)39-25-8-2-1-3-9-25/h1-5,8-14,16-17,21,23,28H,6-7,15,18-20H2,(H,34,36)(H,37,38)/t23?,28-/m0/s1. The van der Waals surface area contributed by atoms with Gasteiger partial charge in [-0.3, -0.25) is 4.79 Å². The number of aliphatic carboxylic acids is 1. The predicted octanol–water partition coefficient (Wildman–Crippen LogP) is 7.08. The molecule has 1 heterocycles. The molecule has 0 radical (unpaired) electrons. The third-order valence-corrected chi connectivity index (χ3v) is 7.65. The number of anilines is 1. The third kappa shape index (κ3) is 6.60. The highest BCUT2D eigenvalue weighted by molar-refractivity contribution is 9.10. The number of hydrogen-bond acceptors (Lipinski definition) is 4. The van der Waals surface area contributed by atoms with Crippen LogP contribution in [0.3, 0.4) is 0 Å². The molecule has 0 bridgehead atoms. The third-order valence-electron chi connectivity index (χ3n) is 7.16. The number of benzene rings is 3. The molecule has 0 aromatic heterocycles. The van der Waals surface area contributed by atoms with E-state index in [0.29, 0.717) is 12.0 Å². The summed E-state index contributed by atoms with van der Waals surface area (Å²) in [6.07, 6.45) is 9.19. The van der Waals surface area contributed by atoms with E-state index in [2.05, 4.69) is 44.4 Å². The Balaban J connectivity index is 1.26.